The molecule has 1 saturated carbocycles. The van der Waals surface area contributed by atoms with E-state index in [1.807, 2.05) is 0 Å². The molecule has 0 aromatic heterocycles. The Hall–Kier alpha value is -0.480. The maximum Gasteiger partial charge on any atom is 0.0138 e. The molecule has 1 rings (SSSR count). The summed E-state index contributed by atoms with van der Waals surface area (Å²) in [6, 6.07) is 0.826. The van der Waals surface area contributed by atoms with Gasteiger partial charge in [-0.1, -0.05) is 13.8 Å². The molecule has 0 aromatic carbocycles. The number of hydrogen-bond donors (Lipinski definition) is 1. The molecular formula is C11H19N. The zero-order chi connectivity index (χ0) is 9.03. The van der Waals surface area contributed by atoms with Gasteiger partial charge in [-0.25, -0.2) is 0 Å². The molecule has 0 amide bonds. The Morgan fingerprint density at radius 2 is 2.17 bits per heavy atom. The maximum absolute atomic E-state index is 5.29. The van der Waals surface area contributed by atoms with E-state index in [0.717, 1.165) is 19.0 Å². The lowest BCUT2D eigenvalue weighted by atomic mass is 9.86. The van der Waals surface area contributed by atoms with E-state index in [4.69, 9.17) is 6.42 Å². The molecule has 12 heavy (non-hydrogen) atoms. The van der Waals surface area contributed by atoms with Crippen LogP contribution in [0.3, 0.4) is 0 Å². The first-order valence-electron chi connectivity index (χ1n) is 4.81. The Balaban J connectivity index is 2.06. The van der Waals surface area contributed by atoms with Crippen molar-refractivity contribution in [2.75, 3.05) is 6.54 Å². The Kier molecular flexibility index (Phi) is 3.17. The molecule has 1 aliphatic rings. The first-order chi connectivity index (χ1) is 5.64. The van der Waals surface area contributed by atoms with Crippen LogP contribution >= 0.6 is 0 Å². The molecule has 1 fully saturated rings. The summed E-state index contributed by atoms with van der Waals surface area (Å²) in [4.78, 5) is 0. The lowest BCUT2D eigenvalue weighted by molar-refractivity contribution is 0.337. The van der Waals surface area contributed by atoms with Crippen LogP contribution in [0.5, 0.6) is 0 Å². The average Bonchev–Trinajstić information content (AvgIpc) is 2.70. The first kappa shape index (κ1) is 9.61. The molecule has 0 spiro atoms. The van der Waals surface area contributed by atoms with Crippen LogP contribution in [0.15, 0.2) is 0 Å². The van der Waals surface area contributed by atoms with Crippen molar-refractivity contribution < 1.29 is 0 Å². The maximum atomic E-state index is 5.29. The van der Waals surface area contributed by atoms with E-state index in [0.29, 0.717) is 5.41 Å². The Morgan fingerprint density at radius 3 is 2.67 bits per heavy atom. The van der Waals surface area contributed by atoms with Gasteiger partial charge >= 0.3 is 0 Å². The largest absolute Gasteiger partial charge is 0.314 e. The van der Waals surface area contributed by atoms with Crippen LogP contribution in [0, 0.1) is 17.8 Å². The van der Waals surface area contributed by atoms with Gasteiger partial charge in [0, 0.05) is 12.5 Å². The van der Waals surface area contributed by atoms with Gasteiger partial charge in [-0.05, 0) is 31.2 Å². The summed E-state index contributed by atoms with van der Waals surface area (Å²) in [6.07, 6.45) is 10.1. The van der Waals surface area contributed by atoms with Crippen LogP contribution in [0.2, 0.25) is 0 Å². The summed E-state index contributed by atoms with van der Waals surface area (Å²) in [6.45, 7) is 5.60. The van der Waals surface area contributed by atoms with Crippen molar-refractivity contribution in [3.63, 3.8) is 0 Å². The van der Waals surface area contributed by atoms with Crippen molar-refractivity contribution in [3.8, 4) is 12.3 Å². The molecule has 0 radical (unpaired) electrons. The van der Waals surface area contributed by atoms with Gasteiger partial charge in [-0.15, -0.1) is 12.3 Å². The van der Waals surface area contributed by atoms with E-state index < -0.39 is 0 Å². The number of rotatable bonds is 5. The van der Waals surface area contributed by atoms with Crippen molar-refractivity contribution in [3.05, 3.63) is 0 Å². The van der Waals surface area contributed by atoms with Gasteiger partial charge in [0.2, 0.25) is 0 Å². The van der Waals surface area contributed by atoms with E-state index in [-0.39, 0.29) is 0 Å². The van der Waals surface area contributed by atoms with Gasteiger partial charge in [-0.3, -0.25) is 0 Å². The van der Waals surface area contributed by atoms with Crippen LogP contribution in [0.1, 0.15) is 39.5 Å². The summed E-state index contributed by atoms with van der Waals surface area (Å²) in [5.74, 6) is 2.73. The van der Waals surface area contributed by atoms with E-state index in [9.17, 15) is 0 Å². The van der Waals surface area contributed by atoms with E-state index in [2.05, 4.69) is 25.1 Å². The van der Waals surface area contributed by atoms with Crippen LogP contribution in [-0.2, 0) is 0 Å². The zero-order valence-corrected chi connectivity index (χ0v) is 8.19. The molecule has 1 aliphatic carbocycles. The molecule has 0 saturated heterocycles. The molecular weight excluding hydrogens is 146 g/mol. The second-order valence-corrected chi connectivity index (χ2v) is 4.52. The third-order valence-corrected chi connectivity index (χ3v) is 2.39. The standard InChI is InChI=1S/C11H19N/c1-4-7-11(2,3)8-9-12-10-5-6-10/h1,10,12H,5-9H2,2-3H3. The lowest BCUT2D eigenvalue weighted by Gasteiger charge is -2.21. The monoisotopic (exact) mass is 165 g/mol. The normalized spacial score (nSPS) is 17.4. The second kappa shape index (κ2) is 3.96. The smallest absolute Gasteiger partial charge is 0.0138 e. The molecule has 1 heteroatoms. The van der Waals surface area contributed by atoms with Crippen molar-refractivity contribution in [1.29, 1.82) is 0 Å². The minimum absolute atomic E-state index is 0.316. The quantitative estimate of drug-likeness (QED) is 0.616. The van der Waals surface area contributed by atoms with E-state index in [1.54, 1.807) is 0 Å². The summed E-state index contributed by atoms with van der Waals surface area (Å²) in [5, 5.41) is 3.50. The molecule has 1 N–H and O–H groups in total. The molecule has 0 aliphatic heterocycles. The van der Waals surface area contributed by atoms with Gasteiger partial charge in [0.25, 0.3) is 0 Å². The Morgan fingerprint density at radius 1 is 1.50 bits per heavy atom. The minimum Gasteiger partial charge on any atom is -0.314 e. The highest BCUT2D eigenvalue weighted by atomic mass is 14.9. The molecule has 68 valence electrons. The fourth-order valence-corrected chi connectivity index (χ4v) is 1.27. The van der Waals surface area contributed by atoms with Gasteiger partial charge in [-0.2, -0.15) is 0 Å². The summed E-state index contributed by atoms with van der Waals surface area (Å²) in [7, 11) is 0. The van der Waals surface area contributed by atoms with E-state index in [1.165, 1.54) is 19.3 Å². The predicted octanol–water partition coefficient (Wildman–Crippen LogP) is 2.18. The highest BCUT2D eigenvalue weighted by Gasteiger charge is 2.22. The second-order valence-electron chi connectivity index (χ2n) is 4.52. The highest BCUT2D eigenvalue weighted by Crippen LogP contribution is 2.25. The Bertz CT molecular complexity index is 172. The summed E-state index contributed by atoms with van der Waals surface area (Å²) >= 11 is 0. The SMILES string of the molecule is C#CCC(C)(C)CCNC1CC1. The Labute approximate surface area is 75.9 Å². The van der Waals surface area contributed by atoms with Gasteiger partial charge in [0.1, 0.15) is 0 Å². The van der Waals surface area contributed by atoms with Crippen LogP contribution in [0.4, 0.5) is 0 Å². The molecule has 0 heterocycles. The number of hydrogen-bond acceptors (Lipinski definition) is 1. The van der Waals surface area contributed by atoms with Gasteiger partial charge < -0.3 is 5.32 Å². The van der Waals surface area contributed by atoms with Crippen molar-refractivity contribution in [1.82, 2.24) is 5.32 Å². The first-order valence-corrected chi connectivity index (χ1v) is 4.81. The van der Waals surface area contributed by atoms with Crippen LogP contribution < -0.4 is 5.32 Å². The minimum atomic E-state index is 0.316. The average molecular weight is 165 g/mol. The van der Waals surface area contributed by atoms with Crippen molar-refractivity contribution in [2.24, 2.45) is 5.41 Å². The molecule has 0 bridgehead atoms. The fraction of sp³-hybridized carbons (Fsp3) is 0.818. The van der Waals surface area contributed by atoms with Crippen LogP contribution in [-0.4, -0.2) is 12.6 Å². The van der Waals surface area contributed by atoms with E-state index >= 15 is 0 Å². The fourth-order valence-electron chi connectivity index (χ4n) is 1.27. The van der Waals surface area contributed by atoms with Gasteiger partial charge in [0.05, 0.1) is 0 Å². The van der Waals surface area contributed by atoms with Crippen molar-refractivity contribution >= 4 is 0 Å². The molecule has 0 unspecified atom stereocenters. The zero-order valence-electron chi connectivity index (χ0n) is 8.19. The van der Waals surface area contributed by atoms with Crippen LogP contribution in [0.25, 0.3) is 0 Å². The summed E-state index contributed by atoms with van der Waals surface area (Å²) in [5.41, 5.74) is 0.316. The third-order valence-electron chi connectivity index (χ3n) is 2.39. The predicted molar refractivity (Wildman–Crippen MR) is 52.9 cm³/mol. The lowest BCUT2D eigenvalue weighted by Crippen LogP contribution is -2.23. The molecule has 0 atom stereocenters. The van der Waals surface area contributed by atoms with Gasteiger partial charge in [0.15, 0.2) is 0 Å². The third kappa shape index (κ3) is 3.78. The summed E-state index contributed by atoms with van der Waals surface area (Å²) < 4.78 is 0. The molecule has 0 aromatic rings. The van der Waals surface area contributed by atoms with Crippen molar-refractivity contribution in [2.45, 2.75) is 45.6 Å². The topological polar surface area (TPSA) is 12.0 Å². The molecule has 1 nitrogen and oxygen atoms in total. The number of nitrogens with one attached hydrogen (secondary N) is 1. The highest BCUT2D eigenvalue weighted by molar-refractivity contribution is 4.91. The number of terminal acetylenes is 1.